The van der Waals surface area contributed by atoms with Crippen LogP contribution in [0.1, 0.15) is 72.1 Å². The Labute approximate surface area is 182 Å². The van der Waals surface area contributed by atoms with Crippen LogP contribution >= 0.6 is 0 Å². The largest absolute Gasteiger partial charge is 0.465 e. The SMILES string of the molecule is COC(=O)c1ccc(CS(=O)(=O)NC(=O)Cc2c(C(C)C)cc(F)cc2C(C)C)cc1. The summed E-state index contributed by atoms with van der Waals surface area (Å²) in [4.78, 5) is 24.1. The molecule has 168 valence electrons. The van der Waals surface area contributed by atoms with E-state index >= 15 is 0 Å². The molecule has 31 heavy (non-hydrogen) atoms. The molecule has 0 spiro atoms. The zero-order valence-corrected chi connectivity index (χ0v) is 19.2. The Morgan fingerprint density at radius 1 is 1.00 bits per heavy atom. The number of methoxy groups -OCH3 is 1. The van der Waals surface area contributed by atoms with Gasteiger partial charge in [-0.25, -0.2) is 17.6 Å². The topological polar surface area (TPSA) is 89.5 Å². The molecule has 6 nitrogen and oxygen atoms in total. The molecule has 0 saturated carbocycles. The highest BCUT2D eigenvalue weighted by Gasteiger charge is 2.21. The van der Waals surface area contributed by atoms with Gasteiger partial charge in [0.05, 0.1) is 24.8 Å². The first-order valence-corrected chi connectivity index (χ1v) is 11.6. The first-order valence-electron chi connectivity index (χ1n) is 9.96. The highest BCUT2D eigenvalue weighted by atomic mass is 32.2. The standard InChI is InChI=1S/C23H28FNO5S/c1-14(2)19-10-18(24)11-20(15(3)4)21(19)12-22(26)25-31(28,29)13-16-6-8-17(9-7-16)23(27)30-5/h6-11,14-15H,12-13H2,1-5H3,(H,25,26). The first kappa shape index (κ1) is 24.5. The Morgan fingerprint density at radius 3 is 1.97 bits per heavy atom. The number of sulfonamides is 1. The number of benzene rings is 2. The van der Waals surface area contributed by atoms with E-state index in [9.17, 15) is 22.4 Å². The van der Waals surface area contributed by atoms with Gasteiger partial charge in [-0.15, -0.1) is 0 Å². The maximum Gasteiger partial charge on any atom is 0.337 e. The van der Waals surface area contributed by atoms with Crippen molar-refractivity contribution >= 4 is 21.9 Å². The Kier molecular flexibility index (Phi) is 7.95. The second-order valence-electron chi connectivity index (χ2n) is 8.02. The van der Waals surface area contributed by atoms with Crippen molar-refractivity contribution in [2.24, 2.45) is 0 Å². The fourth-order valence-electron chi connectivity index (χ4n) is 3.39. The van der Waals surface area contributed by atoms with Crippen LogP contribution in [0.3, 0.4) is 0 Å². The molecule has 0 aliphatic carbocycles. The molecule has 0 aliphatic heterocycles. The summed E-state index contributed by atoms with van der Waals surface area (Å²) in [6.07, 6.45) is -0.165. The smallest absolute Gasteiger partial charge is 0.337 e. The number of carbonyl (C=O) groups is 2. The number of esters is 1. The molecule has 2 aromatic carbocycles. The second-order valence-corrected chi connectivity index (χ2v) is 9.74. The predicted octanol–water partition coefficient (Wildman–Crippen LogP) is 4.05. The molecule has 0 saturated heterocycles. The van der Waals surface area contributed by atoms with Gasteiger partial charge in [-0.2, -0.15) is 0 Å². The minimum absolute atomic E-state index is 0.0269. The van der Waals surface area contributed by atoms with E-state index in [0.717, 1.165) is 0 Å². The van der Waals surface area contributed by atoms with Gasteiger partial charge in [0.15, 0.2) is 0 Å². The van der Waals surface area contributed by atoms with Crippen LogP contribution in [-0.2, 0) is 31.7 Å². The van der Waals surface area contributed by atoms with E-state index in [1.165, 1.54) is 43.5 Å². The summed E-state index contributed by atoms with van der Waals surface area (Å²) in [5, 5.41) is 0. The van der Waals surface area contributed by atoms with Crippen LogP contribution in [0.2, 0.25) is 0 Å². The van der Waals surface area contributed by atoms with Crippen LogP contribution in [0.4, 0.5) is 4.39 Å². The van der Waals surface area contributed by atoms with Crippen LogP contribution in [0, 0.1) is 5.82 Å². The van der Waals surface area contributed by atoms with Crippen molar-refractivity contribution < 1.29 is 27.1 Å². The zero-order chi connectivity index (χ0) is 23.3. The van der Waals surface area contributed by atoms with E-state index in [0.29, 0.717) is 27.8 Å². The molecule has 8 heteroatoms. The number of hydrogen-bond acceptors (Lipinski definition) is 5. The van der Waals surface area contributed by atoms with Crippen molar-refractivity contribution in [3.63, 3.8) is 0 Å². The number of nitrogens with one attached hydrogen (secondary N) is 1. The van der Waals surface area contributed by atoms with Crippen LogP contribution in [0.25, 0.3) is 0 Å². The van der Waals surface area contributed by atoms with Gasteiger partial charge < -0.3 is 4.74 Å². The monoisotopic (exact) mass is 449 g/mol. The summed E-state index contributed by atoms with van der Waals surface area (Å²) in [6.45, 7) is 7.59. The minimum Gasteiger partial charge on any atom is -0.465 e. The summed E-state index contributed by atoms with van der Waals surface area (Å²) in [5.41, 5.74) is 2.75. The molecule has 1 N–H and O–H groups in total. The van der Waals surface area contributed by atoms with Gasteiger partial charge in [-0.3, -0.25) is 9.52 Å². The fourth-order valence-corrected chi connectivity index (χ4v) is 4.52. The Morgan fingerprint density at radius 2 is 1.52 bits per heavy atom. The summed E-state index contributed by atoms with van der Waals surface area (Å²) < 4.78 is 45.7. The number of amides is 1. The Hall–Kier alpha value is -2.74. The van der Waals surface area contributed by atoms with Gasteiger partial charge in [0.25, 0.3) is 0 Å². The van der Waals surface area contributed by atoms with Crippen molar-refractivity contribution in [3.8, 4) is 0 Å². The van der Waals surface area contributed by atoms with Crippen molar-refractivity contribution in [1.29, 1.82) is 0 Å². The summed E-state index contributed by atoms with van der Waals surface area (Å²) >= 11 is 0. The van der Waals surface area contributed by atoms with E-state index in [1.54, 1.807) is 0 Å². The lowest BCUT2D eigenvalue weighted by molar-refractivity contribution is -0.118. The molecule has 0 atom stereocenters. The molecular weight excluding hydrogens is 421 g/mol. The van der Waals surface area contributed by atoms with E-state index in [-0.39, 0.29) is 24.1 Å². The molecule has 0 heterocycles. The predicted molar refractivity (Wildman–Crippen MR) is 117 cm³/mol. The normalized spacial score (nSPS) is 11.6. The van der Waals surface area contributed by atoms with E-state index in [4.69, 9.17) is 0 Å². The van der Waals surface area contributed by atoms with Gasteiger partial charge in [-0.1, -0.05) is 39.8 Å². The van der Waals surface area contributed by atoms with Gasteiger partial charge in [-0.05, 0) is 58.4 Å². The third-order valence-electron chi connectivity index (χ3n) is 4.87. The second kappa shape index (κ2) is 10.0. The fraction of sp³-hybridized carbons (Fsp3) is 0.391. The molecule has 2 aromatic rings. The molecule has 0 unspecified atom stereocenters. The van der Waals surface area contributed by atoms with Crippen LogP contribution in [0.15, 0.2) is 36.4 Å². The van der Waals surface area contributed by atoms with Crippen LogP contribution in [0.5, 0.6) is 0 Å². The van der Waals surface area contributed by atoms with Crippen molar-refractivity contribution in [2.75, 3.05) is 7.11 Å². The van der Waals surface area contributed by atoms with Gasteiger partial charge >= 0.3 is 5.97 Å². The average molecular weight is 450 g/mol. The Balaban J connectivity index is 2.19. The van der Waals surface area contributed by atoms with Crippen LogP contribution in [-0.4, -0.2) is 27.4 Å². The molecule has 0 aliphatic rings. The summed E-state index contributed by atoms with van der Waals surface area (Å²) in [7, 11) is -2.70. The maximum absolute atomic E-state index is 14.1. The highest BCUT2D eigenvalue weighted by molar-refractivity contribution is 7.89. The number of hydrogen-bond donors (Lipinski definition) is 1. The quantitative estimate of drug-likeness (QED) is 0.614. The first-order chi connectivity index (χ1) is 14.4. The molecule has 0 radical (unpaired) electrons. The summed E-state index contributed by atoms with van der Waals surface area (Å²) in [6, 6.07) is 8.70. The van der Waals surface area contributed by atoms with Gasteiger partial charge in [0.2, 0.25) is 15.9 Å². The highest BCUT2D eigenvalue weighted by Crippen LogP contribution is 2.29. The Bertz CT molecular complexity index is 1030. The van der Waals surface area contributed by atoms with E-state index < -0.39 is 27.7 Å². The number of halogens is 1. The summed E-state index contributed by atoms with van der Waals surface area (Å²) in [5.74, 6) is -2.05. The third-order valence-corrected chi connectivity index (χ3v) is 6.12. The molecule has 2 rings (SSSR count). The molecule has 0 bridgehead atoms. The van der Waals surface area contributed by atoms with Crippen molar-refractivity contribution in [2.45, 2.75) is 51.7 Å². The van der Waals surface area contributed by atoms with E-state index in [1.807, 2.05) is 27.7 Å². The van der Waals surface area contributed by atoms with Gasteiger partial charge in [0.1, 0.15) is 5.82 Å². The lowest BCUT2D eigenvalue weighted by Crippen LogP contribution is -2.33. The molecule has 0 fully saturated rings. The lowest BCUT2D eigenvalue weighted by Gasteiger charge is -2.20. The molecular formula is C23H28FNO5S. The number of ether oxygens (including phenoxy) is 1. The maximum atomic E-state index is 14.1. The zero-order valence-electron chi connectivity index (χ0n) is 18.4. The number of rotatable bonds is 8. The number of carbonyl (C=O) groups excluding carboxylic acids is 2. The molecule has 0 aromatic heterocycles. The molecule has 1 amide bonds. The third kappa shape index (κ3) is 6.62. The van der Waals surface area contributed by atoms with Crippen LogP contribution < -0.4 is 4.72 Å². The lowest BCUT2D eigenvalue weighted by atomic mass is 9.87. The van der Waals surface area contributed by atoms with E-state index in [2.05, 4.69) is 9.46 Å². The van der Waals surface area contributed by atoms with Gasteiger partial charge in [0, 0.05) is 0 Å². The minimum atomic E-state index is -3.96. The average Bonchev–Trinajstić information content (AvgIpc) is 2.67. The van der Waals surface area contributed by atoms with Crippen molar-refractivity contribution in [3.05, 3.63) is 70.0 Å². The van der Waals surface area contributed by atoms with Crippen molar-refractivity contribution in [1.82, 2.24) is 4.72 Å².